The van der Waals surface area contributed by atoms with Gasteiger partial charge in [-0.3, -0.25) is 0 Å². The summed E-state index contributed by atoms with van der Waals surface area (Å²) in [7, 11) is 2.99. The molecular formula is C22H18N4S2. The Bertz CT molecular complexity index is 1080. The molecule has 0 aliphatic carbocycles. The molecule has 2 atom stereocenters. The molecule has 2 unspecified atom stereocenters. The van der Waals surface area contributed by atoms with E-state index in [1.54, 1.807) is 0 Å². The van der Waals surface area contributed by atoms with Gasteiger partial charge in [0.25, 0.3) is 0 Å². The van der Waals surface area contributed by atoms with Gasteiger partial charge in [-0.1, -0.05) is 58.0 Å². The molecule has 0 saturated heterocycles. The first-order valence-electron chi connectivity index (χ1n) is 9.00. The lowest BCUT2D eigenvalue weighted by molar-refractivity contribution is 1.04. The third-order valence-corrected chi connectivity index (χ3v) is 7.58. The number of para-hydroxylation sites is 2. The summed E-state index contributed by atoms with van der Waals surface area (Å²) in [5.41, 5.74) is 4.45. The van der Waals surface area contributed by atoms with Crippen LogP contribution in [0, 0.1) is 22.7 Å². The number of rotatable bonds is 7. The van der Waals surface area contributed by atoms with Crippen LogP contribution in [0.5, 0.6) is 0 Å². The minimum absolute atomic E-state index is 0.206. The van der Waals surface area contributed by atoms with Gasteiger partial charge in [-0.25, -0.2) is 0 Å². The summed E-state index contributed by atoms with van der Waals surface area (Å²) in [4.78, 5) is 6.52. The van der Waals surface area contributed by atoms with Crippen LogP contribution in [0.2, 0.25) is 0 Å². The molecule has 28 heavy (non-hydrogen) atoms. The fraction of sp³-hybridized carbons (Fsp3) is 0.182. The molecule has 0 bridgehead atoms. The van der Waals surface area contributed by atoms with E-state index in [9.17, 15) is 10.5 Å². The summed E-state index contributed by atoms with van der Waals surface area (Å²) in [6.45, 7) is 0. The van der Waals surface area contributed by atoms with Crippen molar-refractivity contribution in [1.29, 1.82) is 10.5 Å². The highest BCUT2D eigenvalue weighted by Gasteiger charge is 2.18. The van der Waals surface area contributed by atoms with Gasteiger partial charge in [0.1, 0.15) is 10.5 Å². The summed E-state index contributed by atoms with van der Waals surface area (Å²) in [6.07, 6.45) is 5.27. The number of H-pyrrole nitrogens is 2. The molecule has 4 nitrogen and oxygen atoms in total. The Morgan fingerprint density at radius 2 is 1.14 bits per heavy atom. The van der Waals surface area contributed by atoms with Crippen molar-refractivity contribution in [2.24, 2.45) is 0 Å². The highest BCUT2D eigenvalue weighted by molar-refractivity contribution is 8.77. The van der Waals surface area contributed by atoms with Crippen LogP contribution in [-0.2, 0) is 12.8 Å². The van der Waals surface area contributed by atoms with E-state index in [2.05, 4.69) is 34.2 Å². The average Bonchev–Trinajstić information content (AvgIpc) is 3.34. The Morgan fingerprint density at radius 3 is 1.57 bits per heavy atom. The smallest absolute Gasteiger partial charge is 0.106 e. The molecule has 0 amide bonds. The Balaban J connectivity index is 1.41. The molecule has 6 heteroatoms. The van der Waals surface area contributed by atoms with Gasteiger partial charge in [-0.05, 0) is 23.3 Å². The predicted molar refractivity (Wildman–Crippen MR) is 118 cm³/mol. The Hall–Kier alpha value is -2.80. The van der Waals surface area contributed by atoms with E-state index in [0.717, 1.165) is 32.9 Å². The summed E-state index contributed by atoms with van der Waals surface area (Å²) >= 11 is 0. The van der Waals surface area contributed by atoms with Gasteiger partial charge in [-0.2, -0.15) is 10.5 Å². The molecule has 0 radical (unpaired) electrons. The zero-order valence-corrected chi connectivity index (χ0v) is 16.7. The lowest BCUT2D eigenvalue weighted by atomic mass is 10.1. The third-order valence-electron chi connectivity index (χ3n) is 4.74. The fourth-order valence-electron chi connectivity index (χ4n) is 3.34. The number of nitrogens with zero attached hydrogens (tertiary/aromatic N) is 2. The molecule has 0 fully saturated rings. The van der Waals surface area contributed by atoms with Crippen LogP contribution in [0.4, 0.5) is 0 Å². The minimum Gasteiger partial charge on any atom is -0.361 e. The third kappa shape index (κ3) is 3.89. The summed E-state index contributed by atoms with van der Waals surface area (Å²) in [5, 5.41) is 21.1. The number of aromatic amines is 2. The van der Waals surface area contributed by atoms with Crippen LogP contribution < -0.4 is 0 Å². The Labute approximate surface area is 171 Å². The van der Waals surface area contributed by atoms with Crippen molar-refractivity contribution in [3.63, 3.8) is 0 Å². The topological polar surface area (TPSA) is 79.2 Å². The maximum absolute atomic E-state index is 9.60. The van der Waals surface area contributed by atoms with Crippen LogP contribution in [-0.4, -0.2) is 20.5 Å². The number of nitrogens with one attached hydrogen (secondary N) is 2. The zero-order chi connectivity index (χ0) is 19.3. The first kappa shape index (κ1) is 18.6. The van der Waals surface area contributed by atoms with Crippen LogP contribution in [0.1, 0.15) is 11.1 Å². The first-order valence-corrected chi connectivity index (χ1v) is 11.3. The van der Waals surface area contributed by atoms with Crippen molar-refractivity contribution >= 4 is 43.4 Å². The highest BCUT2D eigenvalue weighted by atomic mass is 33.1. The van der Waals surface area contributed by atoms with Gasteiger partial charge in [0, 0.05) is 47.0 Å². The summed E-state index contributed by atoms with van der Waals surface area (Å²) < 4.78 is 0. The molecular weight excluding hydrogens is 384 g/mol. The van der Waals surface area contributed by atoms with E-state index in [0.29, 0.717) is 12.8 Å². The maximum atomic E-state index is 9.60. The van der Waals surface area contributed by atoms with Gasteiger partial charge >= 0.3 is 0 Å². The van der Waals surface area contributed by atoms with Crippen molar-refractivity contribution in [2.75, 3.05) is 0 Å². The number of benzene rings is 2. The Kier molecular flexibility index (Phi) is 5.62. The van der Waals surface area contributed by atoms with Crippen molar-refractivity contribution in [3.05, 3.63) is 72.1 Å². The minimum atomic E-state index is -0.206. The van der Waals surface area contributed by atoms with E-state index in [1.165, 1.54) is 21.6 Å². The second-order valence-electron chi connectivity index (χ2n) is 6.56. The van der Waals surface area contributed by atoms with Crippen LogP contribution in [0.15, 0.2) is 60.9 Å². The molecule has 2 heterocycles. The van der Waals surface area contributed by atoms with E-state index in [4.69, 9.17) is 0 Å². The molecule has 138 valence electrons. The largest absolute Gasteiger partial charge is 0.361 e. The van der Waals surface area contributed by atoms with E-state index in [1.807, 2.05) is 48.8 Å². The number of hydrogen-bond donors (Lipinski definition) is 2. The molecule has 2 N–H and O–H groups in total. The number of hydrogen-bond acceptors (Lipinski definition) is 4. The summed E-state index contributed by atoms with van der Waals surface area (Å²) in [6, 6.07) is 21.0. The highest BCUT2D eigenvalue weighted by Crippen LogP contribution is 2.35. The van der Waals surface area contributed by atoms with Gasteiger partial charge < -0.3 is 9.97 Å². The zero-order valence-electron chi connectivity index (χ0n) is 15.1. The van der Waals surface area contributed by atoms with E-state index < -0.39 is 0 Å². The molecule has 4 aromatic rings. The van der Waals surface area contributed by atoms with Gasteiger partial charge in [-0.15, -0.1) is 0 Å². The van der Waals surface area contributed by atoms with Gasteiger partial charge in [0.05, 0.1) is 12.1 Å². The maximum Gasteiger partial charge on any atom is 0.106 e. The van der Waals surface area contributed by atoms with Gasteiger partial charge in [0.15, 0.2) is 0 Å². The monoisotopic (exact) mass is 402 g/mol. The summed E-state index contributed by atoms with van der Waals surface area (Å²) in [5.74, 6) is 0. The van der Waals surface area contributed by atoms with Crippen molar-refractivity contribution in [1.82, 2.24) is 9.97 Å². The quantitative estimate of drug-likeness (QED) is 0.394. The van der Waals surface area contributed by atoms with E-state index in [-0.39, 0.29) is 10.5 Å². The standard InChI is InChI=1S/C22H18N4S2/c23-11-17(9-15-13-25-21-7-3-1-5-19(15)21)27-28-18(12-24)10-16-14-26-22-8-4-2-6-20(16)22/h1-8,13-14,17-18,25-26H,9-10H2. The molecule has 0 aliphatic rings. The molecule has 2 aromatic carbocycles. The van der Waals surface area contributed by atoms with Crippen molar-refractivity contribution in [2.45, 2.75) is 23.3 Å². The van der Waals surface area contributed by atoms with Gasteiger partial charge in [0.2, 0.25) is 0 Å². The molecule has 0 aliphatic heterocycles. The van der Waals surface area contributed by atoms with E-state index >= 15 is 0 Å². The number of fused-ring (bicyclic) bond motifs is 2. The van der Waals surface area contributed by atoms with Crippen LogP contribution >= 0.6 is 21.6 Å². The lowest BCUT2D eigenvalue weighted by Gasteiger charge is -2.11. The van der Waals surface area contributed by atoms with Crippen molar-refractivity contribution in [3.8, 4) is 12.1 Å². The SMILES string of the molecule is N#CC(Cc1c[nH]c2ccccc12)SSC(C#N)Cc1c[nH]c2ccccc12. The lowest BCUT2D eigenvalue weighted by Crippen LogP contribution is -2.06. The predicted octanol–water partition coefficient (Wildman–Crippen LogP) is 5.60. The number of nitriles is 2. The number of aromatic nitrogens is 2. The normalized spacial score (nSPS) is 13.2. The molecule has 0 spiro atoms. The van der Waals surface area contributed by atoms with Crippen molar-refractivity contribution < 1.29 is 0 Å². The van der Waals surface area contributed by atoms with Crippen LogP contribution in [0.3, 0.4) is 0 Å². The fourth-order valence-corrected chi connectivity index (χ4v) is 5.66. The second-order valence-corrected chi connectivity index (χ2v) is 9.23. The average molecular weight is 403 g/mol. The first-order chi connectivity index (χ1) is 13.8. The molecule has 0 saturated carbocycles. The second kappa shape index (κ2) is 8.48. The molecule has 4 rings (SSSR count). The van der Waals surface area contributed by atoms with Crippen LogP contribution in [0.25, 0.3) is 21.8 Å². The molecule has 2 aromatic heterocycles. The Morgan fingerprint density at radius 1 is 0.714 bits per heavy atom.